The molecule has 1 aliphatic rings. The Bertz CT molecular complexity index is 1360. The predicted octanol–water partition coefficient (Wildman–Crippen LogP) is 5.33. The van der Waals surface area contributed by atoms with Crippen molar-refractivity contribution >= 4 is 52.5 Å². The number of rotatable bonds is 3. The van der Waals surface area contributed by atoms with Gasteiger partial charge in [0.1, 0.15) is 11.4 Å². The fourth-order valence-electron chi connectivity index (χ4n) is 4.08. The maximum Gasteiger partial charge on any atom is 0.270 e. The third kappa shape index (κ3) is 4.21. The molecule has 0 saturated carbocycles. The van der Waals surface area contributed by atoms with E-state index < -0.39 is 17.6 Å². The van der Waals surface area contributed by atoms with Crippen molar-refractivity contribution < 1.29 is 14.0 Å². The molecule has 4 rings (SSSR count). The molecule has 1 fully saturated rings. The largest absolute Gasteiger partial charge is 0.318 e. The molecule has 0 radical (unpaired) electrons. The first-order valence-corrected chi connectivity index (χ1v) is 11.0. The molecule has 33 heavy (non-hydrogen) atoms. The molecule has 8 heteroatoms. The van der Waals surface area contributed by atoms with E-state index in [1.807, 2.05) is 33.8 Å². The number of hydrogen-bond donors (Lipinski definition) is 1. The Labute approximate surface area is 201 Å². The van der Waals surface area contributed by atoms with E-state index >= 15 is 0 Å². The minimum absolute atomic E-state index is 0.0790. The Kier molecular flexibility index (Phi) is 5.95. The van der Waals surface area contributed by atoms with Crippen molar-refractivity contribution in [3.05, 3.63) is 87.0 Å². The Morgan fingerprint density at radius 2 is 1.64 bits per heavy atom. The van der Waals surface area contributed by atoms with Gasteiger partial charge in [-0.05, 0) is 99.1 Å². The zero-order valence-electron chi connectivity index (χ0n) is 18.5. The number of thiocarbonyl (C=S) groups is 1. The number of amides is 2. The van der Waals surface area contributed by atoms with Crippen molar-refractivity contribution in [2.75, 3.05) is 4.90 Å². The lowest BCUT2D eigenvalue weighted by atomic mass is 10.1. The highest BCUT2D eigenvalue weighted by Gasteiger charge is 2.35. The smallest absolute Gasteiger partial charge is 0.270 e. The molecule has 0 atom stereocenters. The van der Waals surface area contributed by atoms with Crippen LogP contribution in [0.15, 0.2) is 48.0 Å². The van der Waals surface area contributed by atoms with E-state index in [9.17, 15) is 14.0 Å². The number of nitrogens with zero attached hydrogens (tertiary/aromatic N) is 2. The molecule has 1 saturated heterocycles. The van der Waals surface area contributed by atoms with Gasteiger partial charge in [0.05, 0.1) is 10.7 Å². The van der Waals surface area contributed by atoms with Gasteiger partial charge in [0.2, 0.25) is 0 Å². The summed E-state index contributed by atoms with van der Waals surface area (Å²) in [5.74, 6) is -1.82. The second-order valence-corrected chi connectivity index (χ2v) is 8.86. The van der Waals surface area contributed by atoms with Crippen molar-refractivity contribution in [2.24, 2.45) is 0 Å². The lowest BCUT2D eigenvalue weighted by Crippen LogP contribution is -2.54. The molecular formula is C25H21ClFN3O2S. The summed E-state index contributed by atoms with van der Waals surface area (Å²) < 4.78 is 15.7. The summed E-state index contributed by atoms with van der Waals surface area (Å²) >= 11 is 11.1. The average Bonchev–Trinajstić information content (AvgIpc) is 3.00. The summed E-state index contributed by atoms with van der Waals surface area (Å²) in [6, 6.07) is 12.0. The molecule has 2 heterocycles. The second-order valence-electron chi connectivity index (χ2n) is 8.06. The van der Waals surface area contributed by atoms with Crippen LogP contribution in [-0.2, 0) is 9.59 Å². The van der Waals surface area contributed by atoms with E-state index in [0.717, 1.165) is 44.7 Å². The van der Waals surface area contributed by atoms with Gasteiger partial charge in [0.25, 0.3) is 11.8 Å². The predicted molar refractivity (Wildman–Crippen MR) is 132 cm³/mol. The Balaban J connectivity index is 1.78. The van der Waals surface area contributed by atoms with Crippen LogP contribution in [0.1, 0.15) is 28.1 Å². The molecule has 2 amide bonds. The maximum absolute atomic E-state index is 13.6. The van der Waals surface area contributed by atoms with Gasteiger partial charge in [-0.1, -0.05) is 17.7 Å². The van der Waals surface area contributed by atoms with Gasteiger partial charge >= 0.3 is 0 Å². The van der Waals surface area contributed by atoms with Crippen molar-refractivity contribution in [1.29, 1.82) is 0 Å². The summed E-state index contributed by atoms with van der Waals surface area (Å²) in [5, 5.41) is 2.29. The van der Waals surface area contributed by atoms with Gasteiger partial charge in [-0.15, -0.1) is 0 Å². The van der Waals surface area contributed by atoms with E-state index in [4.69, 9.17) is 23.8 Å². The lowest BCUT2D eigenvalue weighted by molar-refractivity contribution is -0.122. The molecule has 1 N–H and O–H groups in total. The number of anilines is 1. The SMILES string of the molecule is Cc1cc(C)cc(-n2c(C)cc(/C=C3\C(=O)NC(=S)N(c4ccc(F)c(Cl)c4)C3=O)c2C)c1. The van der Waals surface area contributed by atoms with E-state index in [1.54, 1.807) is 6.08 Å². The first-order valence-electron chi connectivity index (χ1n) is 10.2. The fourth-order valence-corrected chi connectivity index (χ4v) is 4.54. The number of aryl methyl sites for hydroxylation is 3. The molecule has 0 spiro atoms. The van der Waals surface area contributed by atoms with Crippen molar-refractivity contribution in [3.63, 3.8) is 0 Å². The molecule has 2 aromatic carbocycles. The number of hydrogen-bond acceptors (Lipinski definition) is 3. The highest BCUT2D eigenvalue weighted by Crippen LogP contribution is 2.28. The molecule has 0 unspecified atom stereocenters. The van der Waals surface area contributed by atoms with Crippen LogP contribution in [0.3, 0.4) is 0 Å². The highest BCUT2D eigenvalue weighted by molar-refractivity contribution is 7.80. The first kappa shape index (κ1) is 22.9. The quantitative estimate of drug-likeness (QED) is 0.312. The molecule has 168 valence electrons. The van der Waals surface area contributed by atoms with Gasteiger partial charge in [-0.25, -0.2) is 4.39 Å². The van der Waals surface area contributed by atoms with Gasteiger partial charge in [0, 0.05) is 17.1 Å². The van der Waals surface area contributed by atoms with Crippen LogP contribution in [0.4, 0.5) is 10.1 Å². The fraction of sp³-hybridized carbons (Fsp3) is 0.160. The van der Waals surface area contributed by atoms with Gasteiger partial charge in [-0.3, -0.25) is 19.8 Å². The molecule has 0 bridgehead atoms. The van der Waals surface area contributed by atoms with Crippen LogP contribution >= 0.6 is 23.8 Å². The van der Waals surface area contributed by atoms with Crippen LogP contribution in [-0.4, -0.2) is 21.5 Å². The zero-order chi connectivity index (χ0) is 24.0. The Hall–Kier alpha value is -3.29. The van der Waals surface area contributed by atoms with Crippen LogP contribution in [0.5, 0.6) is 0 Å². The standard InChI is InChI=1S/C25H21ClFN3O2S/c1-13-7-14(2)9-19(8-13)29-15(3)10-17(16(29)4)11-20-23(31)28-25(33)30(24(20)32)18-5-6-22(27)21(26)12-18/h5-12H,1-4H3,(H,28,31,33)/b20-11+. The highest BCUT2D eigenvalue weighted by atomic mass is 35.5. The molecular weight excluding hydrogens is 461 g/mol. The molecule has 5 nitrogen and oxygen atoms in total. The summed E-state index contributed by atoms with van der Waals surface area (Å²) in [4.78, 5) is 27.1. The zero-order valence-corrected chi connectivity index (χ0v) is 20.1. The summed E-state index contributed by atoms with van der Waals surface area (Å²) in [5.41, 5.74) is 6.06. The summed E-state index contributed by atoms with van der Waals surface area (Å²) in [6.45, 7) is 7.98. The third-order valence-corrected chi connectivity index (χ3v) is 6.07. The van der Waals surface area contributed by atoms with Crippen LogP contribution in [0, 0.1) is 33.5 Å². The number of nitrogens with one attached hydrogen (secondary N) is 1. The normalized spacial score (nSPS) is 15.4. The Morgan fingerprint density at radius 3 is 2.27 bits per heavy atom. The topological polar surface area (TPSA) is 54.3 Å². The van der Waals surface area contributed by atoms with Crippen molar-refractivity contribution in [1.82, 2.24) is 9.88 Å². The molecule has 0 aliphatic carbocycles. The summed E-state index contributed by atoms with van der Waals surface area (Å²) in [6.07, 6.45) is 1.55. The average molecular weight is 482 g/mol. The monoisotopic (exact) mass is 481 g/mol. The number of benzene rings is 2. The minimum Gasteiger partial charge on any atom is -0.318 e. The van der Waals surface area contributed by atoms with Gasteiger partial charge < -0.3 is 4.57 Å². The number of halogens is 2. The van der Waals surface area contributed by atoms with Crippen LogP contribution in [0.2, 0.25) is 5.02 Å². The van der Waals surface area contributed by atoms with E-state index in [2.05, 4.69) is 28.1 Å². The molecule has 3 aromatic rings. The van der Waals surface area contributed by atoms with Crippen molar-refractivity contribution in [2.45, 2.75) is 27.7 Å². The van der Waals surface area contributed by atoms with E-state index in [1.165, 1.54) is 12.1 Å². The Morgan fingerprint density at radius 1 is 0.970 bits per heavy atom. The number of carbonyl (C=O) groups excluding carboxylic acids is 2. The van der Waals surface area contributed by atoms with Crippen molar-refractivity contribution in [3.8, 4) is 5.69 Å². The summed E-state index contributed by atoms with van der Waals surface area (Å²) in [7, 11) is 0. The maximum atomic E-state index is 13.6. The molecule has 1 aromatic heterocycles. The minimum atomic E-state index is -0.616. The molecule has 1 aliphatic heterocycles. The third-order valence-electron chi connectivity index (χ3n) is 5.50. The number of carbonyl (C=O) groups is 2. The lowest BCUT2D eigenvalue weighted by Gasteiger charge is -2.29. The first-order chi connectivity index (χ1) is 15.6. The van der Waals surface area contributed by atoms with Gasteiger partial charge in [0.15, 0.2) is 5.11 Å². The van der Waals surface area contributed by atoms with Crippen LogP contribution in [0.25, 0.3) is 11.8 Å². The second kappa shape index (κ2) is 8.57. The van der Waals surface area contributed by atoms with Gasteiger partial charge in [-0.2, -0.15) is 0 Å². The van der Waals surface area contributed by atoms with E-state index in [0.29, 0.717) is 0 Å². The number of aromatic nitrogens is 1. The van der Waals surface area contributed by atoms with Crippen LogP contribution < -0.4 is 10.2 Å². The van der Waals surface area contributed by atoms with E-state index in [-0.39, 0.29) is 21.4 Å².